The van der Waals surface area contributed by atoms with E-state index in [4.69, 9.17) is 9.47 Å². The third-order valence-electron chi connectivity index (χ3n) is 5.25. The Morgan fingerprint density at radius 2 is 1.85 bits per heavy atom. The Kier molecular flexibility index (Phi) is 6.79. The van der Waals surface area contributed by atoms with Gasteiger partial charge in [0.2, 0.25) is 0 Å². The number of ether oxygens (including phenoxy) is 2. The second kappa shape index (κ2) is 9.77. The summed E-state index contributed by atoms with van der Waals surface area (Å²) in [4.78, 5) is 31.5. The van der Waals surface area contributed by atoms with E-state index in [1.807, 2.05) is 38.1 Å². The minimum atomic E-state index is -0.696. The molecular weight excluding hydrogens is 455 g/mol. The summed E-state index contributed by atoms with van der Waals surface area (Å²) < 4.78 is 26.3. The van der Waals surface area contributed by atoms with Gasteiger partial charge < -0.3 is 9.47 Å². The van der Waals surface area contributed by atoms with Crippen molar-refractivity contribution in [3.63, 3.8) is 0 Å². The molecule has 0 spiro atoms. The van der Waals surface area contributed by atoms with E-state index < -0.39 is 12.0 Å². The number of allylic oxidation sites excluding steroid dienone is 1. The van der Waals surface area contributed by atoms with Gasteiger partial charge in [-0.05, 0) is 69.2 Å². The first-order chi connectivity index (χ1) is 16.3. The zero-order chi connectivity index (χ0) is 24.4. The molecule has 4 rings (SSSR count). The van der Waals surface area contributed by atoms with Gasteiger partial charge in [0.25, 0.3) is 5.56 Å². The number of rotatable bonds is 6. The molecule has 3 aromatic rings. The van der Waals surface area contributed by atoms with Crippen LogP contribution in [-0.2, 0) is 9.53 Å². The standard InChI is InChI=1S/C26H25FN2O4S/c1-5-32-25(31)22-16(4)28-26-29(23(22)18-8-12-20(13-9-18)33-15(2)3)24(30)21(34-26)14-17-6-10-19(27)11-7-17/h6-15,23H,5H2,1-4H3/b21-14-/t23-/m1/s1. The SMILES string of the molecule is CCOC(=O)C1=C(C)N=c2s/c(=C\c3ccc(F)cc3)c(=O)n2[C@@H]1c1ccc(OC(C)C)cc1. The van der Waals surface area contributed by atoms with Gasteiger partial charge in [0.1, 0.15) is 11.6 Å². The quantitative estimate of drug-likeness (QED) is 0.504. The van der Waals surface area contributed by atoms with Crippen LogP contribution in [0.15, 0.2) is 69.6 Å². The number of hydrogen-bond donors (Lipinski definition) is 0. The van der Waals surface area contributed by atoms with Crippen LogP contribution in [0.25, 0.3) is 6.08 Å². The second-order valence-electron chi connectivity index (χ2n) is 8.09. The largest absolute Gasteiger partial charge is 0.491 e. The monoisotopic (exact) mass is 480 g/mol. The maximum absolute atomic E-state index is 13.5. The van der Waals surface area contributed by atoms with Crippen molar-refractivity contribution in [1.29, 1.82) is 0 Å². The lowest BCUT2D eigenvalue weighted by Crippen LogP contribution is -2.39. The number of carbonyl (C=O) groups excluding carboxylic acids is 1. The van der Waals surface area contributed by atoms with E-state index in [2.05, 4.69) is 4.99 Å². The van der Waals surface area contributed by atoms with Gasteiger partial charge in [-0.15, -0.1) is 0 Å². The maximum Gasteiger partial charge on any atom is 0.338 e. The molecule has 1 aliphatic heterocycles. The van der Waals surface area contributed by atoms with Gasteiger partial charge in [-0.2, -0.15) is 0 Å². The topological polar surface area (TPSA) is 69.9 Å². The first-order valence-corrected chi connectivity index (χ1v) is 11.8. The molecule has 8 heteroatoms. The van der Waals surface area contributed by atoms with Crippen LogP contribution < -0.4 is 19.6 Å². The predicted octanol–water partition coefficient (Wildman–Crippen LogP) is 3.72. The minimum absolute atomic E-state index is 0.0206. The van der Waals surface area contributed by atoms with Crippen molar-refractivity contribution in [2.24, 2.45) is 4.99 Å². The van der Waals surface area contributed by atoms with Crippen molar-refractivity contribution in [2.45, 2.75) is 39.8 Å². The molecule has 0 amide bonds. The molecule has 2 heterocycles. The highest BCUT2D eigenvalue weighted by Gasteiger charge is 2.33. The molecule has 0 radical (unpaired) electrons. The summed E-state index contributed by atoms with van der Waals surface area (Å²) in [7, 11) is 0. The summed E-state index contributed by atoms with van der Waals surface area (Å²) >= 11 is 1.23. The average Bonchev–Trinajstić information content (AvgIpc) is 3.09. The van der Waals surface area contributed by atoms with E-state index in [1.54, 1.807) is 32.1 Å². The highest BCUT2D eigenvalue weighted by Crippen LogP contribution is 2.31. The Balaban J connectivity index is 1.89. The molecule has 0 unspecified atom stereocenters. The van der Waals surface area contributed by atoms with Crippen LogP contribution in [0.2, 0.25) is 0 Å². The van der Waals surface area contributed by atoms with Gasteiger partial charge in [0.05, 0.1) is 34.6 Å². The first kappa shape index (κ1) is 23.6. The van der Waals surface area contributed by atoms with Gasteiger partial charge in [-0.1, -0.05) is 35.6 Å². The highest BCUT2D eigenvalue weighted by molar-refractivity contribution is 7.07. The van der Waals surface area contributed by atoms with Gasteiger partial charge >= 0.3 is 5.97 Å². The number of thiazole rings is 1. The number of halogens is 1. The molecule has 6 nitrogen and oxygen atoms in total. The Hall–Kier alpha value is -3.52. The number of carbonyl (C=O) groups is 1. The number of benzene rings is 2. The van der Waals surface area contributed by atoms with Crippen molar-refractivity contribution in [3.8, 4) is 5.75 Å². The number of nitrogens with zero attached hydrogens (tertiary/aromatic N) is 2. The number of hydrogen-bond acceptors (Lipinski definition) is 6. The molecule has 2 aromatic carbocycles. The average molecular weight is 481 g/mol. The predicted molar refractivity (Wildman–Crippen MR) is 129 cm³/mol. The Morgan fingerprint density at radius 1 is 1.18 bits per heavy atom. The molecule has 0 aliphatic carbocycles. The lowest BCUT2D eigenvalue weighted by Gasteiger charge is -2.25. The molecule has 0 fully saturated rings. The van der Waals surface area contributed by atoms with Crippen molar-refractivity contribution >= 4 is 23.4 Å². The Labute approximate surface area is 200 Å². The highest BCUT2D eigenvalue weighted by atomic mass is 32.1. The molecule has 0 saturated carbocycles. The van der Waals surface area contributed by atoms with E-state index in [1.165, 1.54) is 28.0 Å². The molecule has 1 aliphatic rings. The fourth-order valence-corrected chi connectivity index (χ4v) is 4.86. The first-order valence-electron chi connectivity index (χ1n) is 11.0. The van der Waals surface area contributed by atoms with Crippen LogP contribution >= 0.6 is 11.3 Å². The molecule has 0 bridgehead atoms. The molecule has 0 N–H and O–H groups in total. The van der Waals surface area contributed by atoms with Crippen LogP contribution in [0.3, 0.4) is 0 Å². The summed E-state index contributed by atoms with van der Waals surface area (Å²) in [6, 6.07) is 12.5. The number of fused-ring (bicyclic) bond motifs is 1. The zero-order valence-corrected chi connectivity index (χ0v) is 20.2. The smallest absolute Gasteiger partial charge is 0.338 e. The molecule has 176 valence electrons. The molecular formula is C26H25FN2O4S. The molecule has 0 saturated heterocycles. The van der Waals surface area contributed by atoms with Crippen LogP contribution in [0.5, 0.6) is 5.75 Å². The lowest BCUT2D eigenvalue weighted by molar-refractivity contribution is -0.139. The van der Waals surface area contributed by atoms with Gasteiger partial charge in [-0.3, -0.25) is 9.36 Å². The van der Waals surface area contributed by atoms with Crippen LogP contribution in [0.4, 0.5) is 4.39 Å². The third kappa shape index (κ3) is 4.72. The third-order valence-corrected chi connectivity index (χ3v) is 6.24. The van der Waals surface area contributed by atoms with Gasteiger partial charge in [0.15, 0.2) is 4.80 Å². The fourth-order valence-electron chi connectivity index (χ4n) is 3.82. The number of aromatic nitrogens is 1. The van der Waals surface area contributed by atoms with Crippen molar-refractivity contribution in [2.75, 3.05) is 6.61 Å². The van der Waals surface area contributed by atoms with Crippen LogP contribution in [-0.4, -0.2) is 23.2 Å². The van der Waals surface area contributed by atoms with E-state index in [-0.39, 0.29) is 24.1 Å². The maximum atomic E-state index is 13.5. The van der Waals surface area contributed by atoms with Crippen molar-refractivity contribution < 1.29 is 18.7 Å². The summed E-state index contributed by atoms with van der Waals surface area (Å²) in [5.41, 5.74) is 1.97. The normalized spacial score (nSPS) is 15.8. The van der Waals surface area contributed by atoms with Crippen LogP contribution in [0, 0.1) is 5.82 Å². The Morgan fingerprint density at radius 3 is 2.47 bits per heavy atom. The molecule has 1 aromatic heterocycles. The zero-order valence-electron chi connectivity index (χ0n) is 19.4. The van der Waals surface area contributed by atoms with E-state index in [0.29, 0.717) is 31.9 Å². The lowest BCUT2D eigenvalue weighted by atomic mass is 9.96. The van der Waals surface area contributed by atoms with Crippen molar-refractivity contribution in [3.05, 3.63) is 96.4 Å². The van der Waals surface area contributed by atoms with Gasteiger partial charge in [-0.25, -0.2) is 14.2 Å². The summed E-state index contributed by atoms with van der Waals surface area (Å²) in [6.45, 7) is 7.57. The molecule has 1 atom stereocenters. The summed E-state index contributed by atoms with van der Waals surface area (Å²) in [5.74, 6) is -0.164. The fraction of sp³-hybridized carbons (Fsp3) is 0.269. The van der Waals surface area contributed by atoms with E-state index in [0.717, 1.165) is 5.56 Å². The van der Waals surface area contributed by atoms with Crippen LogP contribution in [0.1, 0.15) is 44.9 Å². The Bertz CT molecular complexity index is 1420. The van der Waals surface area contributed by atoms with E-state index in [9.17, 15) is 14.0 Å². The second-order valence-corrected chi connectivity index (χ2v) is 9.10. The molecule has 34 heavy (non-hydrogen) atoms. The van der Waals surface area contributed by atoms with Crippen molar-refractivity contribution in [1.82, 2.24) is 4.57 Å². The number of esters is 1. The van der Waals surface area contributed by atoms with E-state index >= 15 is 0 Å². The summed E-state index contributed by atoms with van der Waals surface area (Å²) in [5, 5.41) is 0. The summed E-state index contributed by atoms with van der Waals surface area (Å²) in [6.07, 6.45) is 1.72. The minimum Gasteiger partial charge on any atom is -0.491 e. The van der Waals surface area contributed by atoms with Gasteiger partial charge in [0, 0.05) is 0 Å².